The summed E-state index contributed by atoms with van der Waals surface area (Å²) in [6.07, 6.45) is 3.96. The molecule has 7 heteroatoms. The fraction of sp³-hybridized carbons (Fsp3) is 0.250. The predicted octanol–water partition coefficient (Wildman–Crippen LogP) is 4.69. The minimum Gasteiger partial charge on any atom is -0.491 e. The molecule has 2 heterocycles. The summed E-state index contributed by atoms with van der Waals surface area (Å²) in [6, 6.07) is 22.4. The van der Waals surface area contributed by atoms with Gasteiger partial charge in [-0.3, -0.25) is 9.52 Å². The van der Waals surface area contributed by atoms with E-state index in [1.54, 1.807) is 12.7 Å². The molecule has 0 aliphatic carbocycles. The van der Waals surface area contributed by atoms with Gasteiger partial charge in [-0.1, -0.05) is 48.0 Å². The van der Waals surface area contributed by atoms with Gasteiger partial charge in [0.2, 0.25) is 0 Å². The van der Waals surface area contributed by atoms with Crippen molar-refractivity contribution in [2.75, 3.05) is 13.7 Å². The summed E-state index contributed by atoms with van der Waals surface area (Å²) in [6.45, 7) is 1.07. The van der Waals surface area contributed by atoms with E-state index in [9.17, 15) is 0 Å². The molecule has 0 N–H and O–H groups in total. The molecule has 0 saturated carbocycles. The molecule has 1 aliphatic rings. The van der Waals surface area contributed by atoms with Gasteiger partial charge in [0, 0.05) is 18.5 Å². The van der Waals surface area contributed by atoms with Gasteiger partial charge in [0.25, 0.3) is 0 Å². The van der Waals surface area contributed by atoms with E-state index in [1.807, 2.05) is 41.1 Å². The van der Waals surface area contributed by atoms with E-state index in [1.165, 1.54) is 16.3 Å². The molecule has 1 fully saturated rings. The topological polar surface area (TPSA) is 52.4 Å². The Balaban J connectivity index is 1.44. The van der Waals surface area contributed by atoms with Gasteiger partial charge in [0.15, 0.2) is 0 Å². The summed E-state index contributed by atoms with van der Waals surface area (Å²) in [4.78, 5) is 10.4. The summed E-state index contributed by atoms with van der Waals surface area (Å²) in [5.41, 5.74) is 0.782. The Hall–Kier alpha value is -2.93. The molecule has 0 amide bonds. The number of hydrogen-bond donors (Lipinski definition) is 0. The molecular formula is C24H23ClN4O2. The van der Waals surface area contributed by atoms with Crippen molar-refractivity contribution in [3.63, 3.8) is 0 Å². The van der Waals surface area contributed by atoms with Crippen LogP contribution in [0.3, 0.4) is 0 Å². The van der Waals surface area contributed by atoms with Crippen LogP contribution < -0.4 is 4.74 Å². The highest BCUT2D eigenvalue weighted by atomic mass is 35.5. The third kappa shape index (κ3) is 4.02. The van der Waals surface area contributed by atoms with Crippen LogP contribution in [0.5, 0.6) is 5.75 Å². The van der Waals surface area contributed by atoms with Gasteiger partial charge >= 0.3 is 0 Å². The Kier molecular flexibility index (Phi) is 5.36. The first-order valence-corrected chi connectivity index (χ1v) is 10.6. The van der Waals surface area contributed by atoms with Gasteiger partial charge in [-0.2, -0.15) is 10.2 Å². The molecule has 1 aromatic heterocycles. The largest absolute Gasteiger partial charge is 0.491 e. The molecule has 5 rings (SSSR count). The van der Waals surface area contributed by atoms with Gasteiger partial charge in [-0.15, -0.1) is 0 Å². The molecular weight excluding hydrogens is 412 g/mol. The Morgan fingerprint density at radius 3 is 2.68 bits per heavy atom. The number of rotatable bonds is 6. The third-order valence-electron chi connectivity index (χ3n) is 5.90. The van der Waals surface area contributed by atoms with Crippen LogP contribution in [0.4, 0.5) is 0 Å². The molecule has 6 nitrogen and oxygen atoms in total. The number of hydroxylamine groups is 2. The molecule has 4 aromatic rings. The van der Waals surface area contributed by atoms with E-state index in [2.05, 4.69) is 52.5 Å². The minimum atomic E-state index is -0.397. The lowest BCUT2D eigenvalue weighted by Crippen LogP contribution is -2.42. The van der Waals surface area contributed by atoms with E-state index in [0.717, 1.165) is 12.2 Å². The Morgan fingerprint density at radius 1 is 1.10 bits per heavy atom. The number of likely N-dealkylation sites (N-methyl/N-ethyl adjacent to an activating group) is 1. The SMILES string of the molecule is CN1OC(COc2ccc(Cl)cc2)CC1(Cn1cncn1)c1ccc2ccccc2c1. The second kappa shape index (κ2) is 8.30. The molecule has 0 radical (unpaired) electrons. The lowest BCUT2D eigenvalue weighted by atomic mass is 9.84. The molecule has 0 spiro atoms. The van der Waals surface area contributed by atoms with Crippen molar-refractivity contribution in [2.24, 2.45) is 0 Å². The van der Waals surface area contributed by atoms with E-state index < -0.39 is 5.54 Å². The van der Waals surface area contributed by atoms with Crippen LogP contribution in [0.1, 0.15) is 12.0 Å². The number of aromatic nitrogens is 3. The zero-order chi connectivity index (χ0) is 21.3. The van der Waals surface area contributed by atoms with Crippen molar-refractivity contribution in [2.45, 2.75) is 24.6 Å². The quantitative estimate of drug-likeness (QED) is 0.440. The summed E-state index contributed by atoms with van der Waals surface area (Å²) in [5, 5.41) is 9.41. The molecule has 158 valence electrons. The number of hydrogen-bond acceptors (Lipinski definition) is 5. The second-order valence-corrected chi connectivity index (χ2v) is 8.32. The maximum atomic E-state index is 6.26. The summed E-state index contributed by atoms with van der Waals surface area (Å²) < 4.78 is 7.84. The van der Waals surface area contributed by atoms with Crippen LogP contribution >= 0.6 is 11.6 Å². The van der Waals surface area contributed by atoms with Crippen molar-refractivity contribution < 1.29 is 9.57 Å². The first-order valence-electron chi connectivity index (χ1n) is 10.2. The minimum absolute atomic E-state index is 0.101. The average molecular weight is 435 g/mol. The number of nitrogens with zero attached hydrogens (tertiary/aromatic N) is 4. The van der Waals surface area contributed by atoms with Gasteiger partial charge in [-0.25, -0.2) is 4.98 Å². The zero-order valence-corrected chi connectivity index (χ0v) is 17.9. The summed E-state index contributed by atoms with van der Waals surface area (Å²) >= 11 is 5.97. The van der Waals surface area contributed by atoms with E-state index >= 15 is 0 Å². The molecule has 0 bridgehead atoms. The number of benzene rings is 3. The second-order valence-electron chi connectivity index (χ2n) is 7.88. The van der Waals surface area contributed by atoms with Gasteiger partial charge in [0.05, 0.1) is 12.1 Å². The Labute approximate surface area is 185 Å². The van der Waals surface area contributed by atoms with Crippen LogP contribution in [0, 0.1) is 0 Å². The molecule has 1 aliphatic heterocycles. The van der Waals surface area contributed by atoms with Crippen molar-refractivity contribution >= 4 is 22.4 Å². The standard InChI is InChI=1S/C24H23ClN4O2/c1-28-24(15-29-17-26-16-27-29,20-7-6-18-4-2-3-5-19(18)12-20)13-23(31-28)14-30-22-10-8-21(25)9-11-22/h2-12,16-17,23H,13-15H2,1H3. The zero-order valence-electron chi connectivity index (χ0n) is 17.2. The highest BCUT2D eigenvalue weighted by molar-refractivity contribution is 6.30. The van der Waals surface area contributed by atoms with Crippen LogP contribution in [0.25, 0.3) is 10.8 Å². The van der Waals surface area contributed by atoms with E-state index in [0.29, 0.717) is 18.2 Å². The van der Waals surface area contributed by atoms with E-state index in [4.69, 9.17) is 21.2 Å². The van der Waals surface area contributed by atoms with Gasteiger partial charge in [-0.05, 0) is 46.7 Å². The van der Waals surface area contributed by atoms with Crippen molar-refractivity contribution in [3.8, 4) is 5.75 Å². The van der Waals surface area contributed by atoms with Crippen LogP contribution in [-0.4, -0.2) is 39.6 Å². The number of fused-ring (bicyclic) bond motifs is 1. The summed E-state index contributed by atoms with van der Waals surface area (Å²) in [7, 11) is 1.98. The van der Waals surface area contributed by atoms with Crippen LogP contribution in [-0.2, 0) is 16.9 Å². The molecule has 2 atom stereocenters. The number of ether oxygens (including phenoxy) is 1. The Morgan fingerprint density at radius 2 is 1.90 bits per heavy atom. The highest BCUT2D eigenvalue weighted by Crippen LogP contribution is 2.42. The summed E-state index contributed by atoms with van der Waals surface area (Å²) in [5.74, 6) is 0.773. The van der Waals surface area contributed by atoms with E-state index in [-0.39, 0.29) is 6.10 Å². The molecule has 31 heavy (non-hydrogen) atoms. The van der Waals surface area contributed by atoms with Crippen LogP contribution in [0.15, 0.2) is 79.4 Å². The molecule has 1 saturated heterocycles. The fourth-order valence-electron chi connectivity index (χ4n) is 4.29. The fourth-order valence-corrected chi connectivity index (χ4v) is 4.42. The van der Waals surface area contributed by atoms with Crippen LogP contribution in [0.2, 0.25) is 5.02 Å². The number of halogens is 1. The molecule has 2 unspecified atom stereocenters. The van der Waals surface area contributed by atoms with Gasteiger partial charge in [0.1, 0.15) is 31.1 Å². The third-order valence-corrected chi connectivity index (χ3v) is 6.15. The first-order chi connectivity index (χ1) is 15.1. The maximum Gasteiger partial charge on any atom is 0.137 e. The van der Waals surface area contributed by atoms with Crippen molar-refractivity contribution in [1.29, 1.82) is 0 Å². The highest BCUT2D eigenvalue weighted by Gasteiger charge is 2.47. The molecule has 3 aromatic carbocycles. The normalized spacial score (nSPS) is 21.5. The lowest BCUT2D eigenvalue weighted by Gasteiger charge is -2.34. The predicted molar refractivity (Wildman–Crippen MR) is 120 cm³/mol. The maximum absolute atomic E-state index is 6.26. The monoisotopic (exact) mass is 434 g/mol. The first kappa shape index (κ1) is 20.0. The Bertz CT molecular complexity index is 1170. The smallest absolute Gasteiger partial charge is 0.137 e. The lowest BCUT2D eigenvalue weighted by molar-refractivity contribution is -0.180. The van der Waals surface area contributed by atoms with Crippen molar-refractivity contribution in [1.82, 2.24) is 19.8 Å². The van der Waals surface area contributed by atoms with Gasteiger partial charge < -0.3 is 4.74 Å². The van der Waals surface area contributed by atoms with Crippen molar-refractivity contribution in [3.05, 3.63) is 90.0 Å². The average Bonchev–Trinajstić information content (AvgIpc) is 3.41.